The summed E-state index contributed by atoms with van der Waals surface area (Å²) in [6.07, 6.45) is 0. The van der Waals surface area contributed by atoms with Gasteiger partial charge in [-0.1, -0.05) is 71.7 Å². The summed E-state index contributed by atoms with van der Waals surface area (Å²) in [6, 6.07) is 24.6. The molecule has 6 rings (SSSR count). The van der Waals surface area contributed by atoms with Crippen LogP contribution in [-0.2, 0) is 30.9 Å². The summed E-state index contributed by atoms with van der Waals surface area (Å²) in [5.41, 5.74) is 4.26. The van der Waals surface area contributed by atoms with E-state index >= 15 is 0 Å². The summed E-state index contributed by atoms with van der Waals surface area (Å²) in [6.45, 7) is 8.09. The van der Waals surface area contributed by atoms with E-state index in [1.54, 1.807) is 0 Å². The highest BCUT2D eigenvalue weighted by atomic mass is 35.5. The molecular formula is C33H36Cl2N4O4. The first kappa shape index (κ1) is 29.8. The van der Waals surface area contributed by atoms with Crippen molar-refractivity contribution in [2.45, 2.75) is 26.2 Å². The molecule has 3 heterocycles. The van der Waals surface area contributed by atoms with Crippen molar-refractivity contribution in [1.82, 2.24) is 19.4 Å². The Morgan fingerprint density at radius 3 is 2.35 bits per heavy atom. The normalized spacial score (nSPS) is 15.1. The number of fused-ring (bicyclic) bond motifs is 1. The van der Waals surface area contributed by atoms with Crippen LogP contribution in [0.25, 0.3) is 11.4 Å². The van der Waals surface area contributed by atoms with Crippen molar-refractivity contribution < 1.29 is 18.9 Å². The average Bonchev–Trinajstić information content (AvgIpc) is 3.35. The zero-order valence-electron chi connectivity index (χ0n) is 24.1. The van der Waals surface area contributed by atoms with Gasteiger partial charge in [-0.25, -0.2) is 4.98 Å². The van der Waals surface area contributed by atoms with Gasteiger partial charge in [0.15, 0.2) is 22.7 Å². The lowest BCUT2D eigenvalue weighted by atomic mass is 10.1. The van der Waals surface area contributed by atoms with Crippen LogP contribution in [0.5, 0.6) is 17.2 Å². The van der Waals surface area contributed by atoms with Gasteiger partial charge in [0, 0.05) is 51.4 Å². The largest absolute Gasteiger partial charge is 0.486 e. The standard InChI is InChI=1S/C33H36Cl2N4O4/c34-24-43-28-8-4-5-25(19-28)21-38(22-26-9-10-30-31(20-26)42-18-17-41-30)23-29-32(35)36-33(27-6-2-1-3-7-27)39(29)12-11-37-13-15-40-16-14-37/h1-10,19-20H,11-18,21-24H2. The summed E-state index contributed by atoms with van der Waals surface area (Å²) in [5, 5.41) is 0.521. The van der Waals surface area contributed by atoms with E-state index in [2.05, 4.69) is 44.7 Å². The van der Waals surface area contributed by atoms with Gasteiger partial charge in [-0.3, -0.25) is 9.80 Å². The monoisotopic (exact) mass is 622 g/mol. The molecule has 0 N–H and O–H groups in total. The second kappa shape index (κ2) is 14.5. The number of ether oxygens (including phenoxy) is 4. The number of nitrogens with zero attached hydrogens (tertiary/aromatic N) is 4. The third kappa shape index (κ3) is 7.63. The lowest BCUT2D eigenvalue weighted by Crippen LogP contribution is -2.38. The van der Waals surface area contributed by atoms with Crippen molar-refractivity contribution in [1.29, 1.82) is 0 Å². The Kier molecular flexibility index (Phi) is 10.0. The smallest absolute Gasteiger partial charge is 0.162 e. The van der Waals surface area contributed by atoms with Crippen LogP contribution in [0.2, 0.25) is 5.15 Å². The fraction of sp³-hybridized carbons (Fsp3) is 0.364. The number of benzene rings is 3. The highest BCUT2D eigenvalue weighted by Gasteiger charge is 2.22. The maximum absolute atomic E-state index is 6.97. The first-order chi connectivity index (χ1) is 21.2. The zero-order chi connectivity index (χ0) is 29.4. The van der Waals surface area contributed by atoms with Gasteiger partial charge in [-0.2, -0.15) is 0 Å². The summed E-state index contributed by atoms with van der Waals surface area (Å²) >= 11 is 12.8. The Bertz CT molecular complexity index is 1490. The highest BCUT2D eigenvalue weighted by Crippen LogP contribution is 2.32. The number of alkyl halides is 1. The number of halogens is 2. The molecule has 10 heteroatoms. The zero-order valence-corrected chi connectivity index (χ0v) is 25.6. The summed E-state index contributed by atoms with van der Waals surface area (Å²) in [7, 11) is 0. The third-order valence-electron chi connectivity index (χ3n) is 7.71. The Hall–Kier alpha value is -3.27. The van der Waals surface area contributed by atoms with E-state index in [1.807, 2.05) is 42.5 Å². The number of aromatic nitrogens is 2. The van der Waals surface area contributed by atoms with Gasteiger partial charge in [-0.05, 0) is 35.4 Å². The van der Waals surface area contributed by atoms with Crippen LogP contribution in [0.4, 0.5) is 0 Å². The molecule has 2 aliphatic heterocycles. The van der Waals surface area contributed by atoms with Gasteiger partial charge < -0.3 is 23.5 Å². The summed E-state index contributed by atoms with van der Waals surface area (Å²) < 4.78 is 25.1. The topological polar surface area (TPSA) is 61.2 Å². The van der Waals surface area contributed by atoms with Crippen LogP contribution >= 0.6 is 23.2 Å². The molecule has 226 valence electrons. The van der Waals surface area contributed by atoms with E-state index in [-0.39, 0.29) is 6.07 Å². The van der Waals surface area contributed by atoms with Crippen molar-refractivity contribution in [3.63, 3.8) is 0 Å². The Labute approximate surface area is 262 Å². The van der Waals surface area contributed by atoms with E-state index in [9.17, 15) is 0 Å². The third-order valence-corrected chi connectivity index (χ3v) is 8.12. The van der Waals surface area contributed by atoms with E-state index in [4.69, 9.17) is 47.1 Å². The van der Waals surface area contributed by atoms with Crippen LogP contribution < -0.4 is 14.2 Å². The molecule has 3 aromatic carbocycles. The number of hydrogen-bond acceptors (Lipinski definition) is 7. The van der Waals surface area contributed by atoms with Crippen LogP contribution in [0.15, 0.2) is 72.8 Å². The van der Waals surface area contributed by atoms with Crippen LogP contribution in [-0.4, -0.2) is 71.5 Å². The highest BCUT2D eigenvalue weighted by molar-refractivity contribution is 6.30. The molecule has 0 aliphatic carbocycles. The lowest BCUT2D eigenvalue weighted by molar-refractivity contribution is 0.0363. The number of morpholine rings is 1. The fourth-order valence-corrected chi connectivity index (χ4v) is 5.97. The quantitative estimate of drug-likeness (QED) is 0.177. The van der Waals surface area contributed by atoms with Gasteiger partial charge in [0.05, 0.1) is 18.9 Å². The van der Waals surface area contributed by atoms with Crippen LogP contribution in [0, 0.1) is 0 Å². The minimum atomic E-state index is 0.102. The SMILES string of the molecule is ClCOc1cccc(CN(Cc2ccc3c(c2)OCCO3)Cc2c(Cl)nc(-c3ccccc3)n2CCN2CCOCC2)c1. The molecule has 0 unspecified atom stereocenters. The molecule has 4 aromatic rings. The van der Waals surface area contributed by atoms with E-state index in [0.29, 0.717) is 38.0 Å². The van der Waals surface area contributed by atoms with Gasteiger partial charge in [0.2, 0.25) is 0 Å². The number of hydrogen-bond donors (Lipinski definition) is 0. The molecule has 1 fully saturated rings. The first-order valence-electron chi connectivity index (χ1n) is 14.7. The van der Waals surface area contributed by atoms with Gasteiger partial charge in [0.25, 0.3) is 0 Å². The maximum Gasteiger partial charge on any atom is 0.162 e. The molecule has 2 aliphatic rings. The molecule has 0 amide bonds. The maximum atomic E-state index is 6.97. The van der Waals surface area contributed by atoms with E-state index in [0.717, 1.165) is 84.9 Å². The van der Waals surface area contributed by atoms with Gasteiger partial charge in [0.1, 0.15) is 24.8 Å². The van der Waals surface area contributed by atoms with Gasteiger partial charge in [-0.15, -0.1) is 0 Å². The number of rotatable bonds is 12. The molecule has 1 aromatic heterocycles. The van der Waals surface area contributed by atoms with E-state index < -0.39 is 0 Å². The van der Waals surface area contributed by atoms with Crippen molar-refractivity contribution in [2.24, 2.45) is 0 Å². The molecule has 0 spiro atoms. The van der Waals surface area contributed by atoms with Crippen LogP contribution in [0.1, 0.15) is 16.8 Å². The molecule has 8 nitrogen and oxygen atoms in total. The molecular weight excluding hydrogens is 587 g/mol. The van der Waals surface area contributed by atoms with Crippen molar-refractivity contribution in [3.8, 4) is 28.6 Å². The lowest BCUT2D eigenvalue weighted by Gasteiger charge is -2.28. The molecule has 1 saturated heterocycles. The number of imidazole rings is 1. The van der Waals surface area contributed by atoms with Crippen molar-refractivity contribution in [2.75, 3.05) is 52.1 Å². The Balaban J connectivity index is 1.32. The first-order valence-corrected chi connectivity index (χ1v) is 15.6. The summed E-state index contributed by atoms with van der Waals surface area (Å²) in [5.74, 6) is 3.18. The van der Waals surface area contributed by atoms with Gasteiger partial charge >= 0.3 is 0 Å². The van der Waals surface area contributed by atoms with E-state index in [1.165, 1.54) is 0 Å². The predicted molar refractivity (Wildman–Crippen MR) is 168 cm³/mol. The predicted octanol–water partition coefficient (Wildman–Crippen LogP) is 6.08. The molecule has 0 atom stereocenters. The average molecular weight is 624 g/mol. The molecule has 0 radical (unpaired) electrons. The fourth-order valence-electron chi connectivity index (χ4n) is 5.60. The van der Waals surface area contributed by atoms with Crippen LogP contribution in [0.3, 0.4) is 0 Å². The Morgan fingerprint density at radius 2 is 1.56 bits per heavy atom. The molecule has 0 saturated carbocycles. The second-order valence-electron chi connectivity index (χ2n) is 10.7. The van der Waals surface area contributed by atoms with Crippen molar-refractivity contribution in [3.05, 3.63) is 94.8 Å². The minimum Gasteiger partial charge on any atom is -0.486 e. The minimum absolute atomic E-state index is 0.102. The second-order valence-corrected chi connectivity index (χ2v) is 11.2. The molecule has 0 bridgehead atoms. The van der Waals surface area contributed by atoms with Crippen molar-refractivity contribution >= 4 is 23.2 Å². The Morgan fingerprint density at radius 1 is 0.791 bits per heavy atom. The molecule has 43 heavy (non-hydrogen) atoms. The summed E-state index contributed by atoms with van der Waals surface area (Å²) in [4.78, 5) is 9.70.